The Kier molecular flexibility index (Phi) is 11.5. The maximum atomic E-state index is 12.6. The van der Waals surface area contributed by atoms with E-state index in [0.717, 1.165) is 56.7 Å². The molecule has 1 unspecified atom stereocenters. The van der Waals surface area contributed by atoms with Gasteiger partial charge in [0.05, 0.1) is 17.2 Å². The van der Waals surface area contributed by atoms with Gasteiger partial charge in [0.2, 0.25) is 0 Å². The molecule has 1 aliphatic rings. The molecule has 196 valence electrons. The lowest BCUT2D eigenvalue weighted by Gasteiger charge is -2.24. The number of aliphatic carboxylic acids is 1. The highest BCUT2D eigenvalue weighted by Crippen LogP contribution is 2.20. The number of anilines is 1. The molecule has 0 spiro atoms. The van der Waals surface area contributed by atoms with Crippen molar-refractivity contribution in [3.8, 4) is 0 Å². The summed E-state index contributed by atoms with van der Waals surface area (Å²) in [5, 5.41) is 16.0. The second kappa shape index (κ2) is 14.8. The molecule has 2 heterocycles. The molecule has 8 nitrogen and oxygen atoms in total. The normalized spacial score (nSPS) is 13.6. The van der Waals surface area contributed by atoms with Gasteiger partial charge in [-0.2, -0.15) is 0 Å². The quantitative estimate of drug-likeness (QED) is 0.307. The third-order valence-electron chi connectivity index (χ3n) is 6.32. The first-order chi connectivity index (χ1) is 17.5. The maximum absolute atomic E-state index is 12.6. The minimum absolute atomic E-state index is 0.268. The average Bonchev–Trinajstić information content (AvgIpc) is 2.88. The predicted molar refractivity (Wildman–Crippen MR) is 142 cm³/mol. The van der Waals surface area contributed by atoms with Crippen LogP contribution >= 0.6 is 11.6 Å². The molecule has 2 aromatic rings. The van der Waals surface area contributed by atoms with Crippen LogP contribution in [0.4, 0.5) is 5.82 Å². The largest absolute Gasteiger partial charge is 0.480 e. The number of carboxylic acids is 1. The molecule has 0 aliphatic carbocycles. The molecule has 0 radical (unpaired) electrons. The van der Waals surface area contributed by atoms with E-state index in [1.54, 1.807) is 24.3 Å². The Morgan fingerprint density at radius 1 is 1.19 bits per heavy atom. The number of amides is 1. The Hall–Kier alpha value is -2.68. The van der Waals surface area contributed by atoms with E-state index in [9.17, 15) is 14.7 Å². The van der Waals surface area contributed by atoms with E-state index in [4.69, 9.17) is 21.3 Å². The topological polar surface area (TPSA) is 104 Å². The van der Waals surface area contributed by atoms with Crippen LogP contribution in [0.15, 0.2) is 36.4 Å². The van der Waals surface area contributed by atoms with Gasteiger partial charge in [-0.25, -0.2) is 9.78 Å². The number of carbonyl (C=O) groups is 2. The second-order valence-electron chi connectivity index (χ2n) is 8.97. The smallest absolute Gasteiger partial charge is 0.326 e. The Balaban J connectivity index is 1.49. The highest BCUT2D eigenvalue weighted by molar-refractivity contribution is 6.33. The molecule has 3 rings (SSSR count). The van der Waals surface area contributed by atoms with Crippen molar-refractivity contribution >= 4 is 29.3 Å². The zero-order valence-electron chi connectivity index (χ0n) is 21.0. The van der Waals surface area contributed by atoms with Crippen LogP contribution in [0.3, 0.4) is 0 Å². The number of unbranched alkanes of at least 4 members (excludes halogenated alkanes) is 1. The van der Waals surface area contributed by atoms with E-state index in [2.05, 4.69) is 27.7 Å². The molecule has 3 N–H and O–H groups in total. The van der Waals surface area contributed by atoms with Gasteiger partial charge in [0, 0.05) is 31.9 Å². The lowest BCUT2D eigenvalue weighted by molar-refractivity contribution is -0.139. The number of carboxylic acid groups (broad SMARTS) is 1. The minimum atomic E-state index is -1.06. The third kappa shape index (κ3) is 8.76. The first kappa shape index (κ1) is 27.9. The molecule has 0 saturated carbocycles. The first-order valence-electron chi connectivity index (χ1n) is 12.8. The van der Waals surface area contributed by atoms with Crippen LogP contribution in [-0.2, 0) is 22.4 Å². The number of benzene rings is 1. The molecule has 0 fully saturated rings. The number of rotatable bonds is 15. The number of hydrogen-bond acceptors (Lipinski definition) is 6. The molecule has 0 bridgehead atoms. The van der Waals surface area contributed by atoms with Crippen molar-refractivity contribution in [2.24, 2.45) is 0 Å². The number of aromatic nitrogens is 1. The van der Waals surface area contributed by atoms with Gasteiger partial charge < -0.3 is 25.4 Å². The summed E-state index contributed by atoms with van der Waals surface area (Å²) in [6.45, 7) is 6.22. The molecule has 36 heavy (non-hydrogen) atoms. The second-order valence-corrected chi connectivity index (χ2v) is 9.38. The van der Waals surface area contributed by atoms with E-state index < -0.39 is 17.9 Å². The monoisotopic (exact) mass is 516 g/mol. The van der Waals surface area contributed by atoms with Crippen LogP contribution < -0.4 is 10.6 Å². The zero-order valence-corrected chi connectivity index (χ0v) is 21.7. The number of pyridine rings is 1. The van der Waals surface area contributed by atoms with Crippen molar-refractivity contribution in [1.82, 2.24) is 15.2 Å². The van der Waals surface area contributed by atoms with Crippen LogP contribution in [0, 0.1) is 0 Å². The van der Waals surface area contributed by atoms with Gasteiger partial charge in [0.25, 0.3) is 5.91 Å². The zero-order chi connectivity index (χ0) is 25.8. The summed E-state index contributed by atoms with van der Waals surface area (Å²) in [5.74, 6) is -0.524. The fourth-order valence-electron chi connectivity index (χ4n) is 4.27. The number of aryl methyl sites for hydroxylation is 2. The van der Waals surface area contributed by atoms with E-state index in [0.29, 0.717) is 31.3 Å². The van der Waals surface area contributed by atoms with Gasteiger partial charge >= 0.3 is 5.97 Å². The van der Waals surface area contributed by atoms with Crippen LogP contribution in [0.25, 0.3) is 0 Å². The van der Waals surface area contributed by atoms with E-state index in [-0.39, 0.29) is 12.0 Å². The van der Waals surface area contributed by atoms with Gasteiger partial charge in [-0.15, -0.1) is 0 Å². The van der Waals surface area contributed by atoms with Gasteiger partial charge in [0.15, 0.2) is 0 Å². The van der Waals surface area contributed by atoms with Crippen LogP contribution in [-0.4, -0.2) is 72.3 Å². The summed E-state index contributed by atoms with van der Waals surface area (Å²) in [4.78, 5) is 31.4. The maximum Gasteiger partial charge on any atom is 0.326 e. The SMILES string of the molecule is CCOCCN(CCCCc1ccc2c(n1)NCCC2)CCC(NC(=O)c1ccccc1Cl)C(=O)O. The highest BCUT2D eigenvalue weighted by Gasteiger charge is 2.22. The number of hydrogen-bond donors (Lipinski definition) is 3. The Morgan fingerprint density at radius 3 is 2.81 bits per heavy atom. The van der Waals surface area contributed by atoms with Crippen LogP contribution in [0.2, 0.25) is 5.02 Å². The van der Waals surface area contributed by atoms with Crippen molar-refractivity contribution < 1.29 is 19.4 Å². The summed E-state index contributed by atoms with van der Waals surface area (Å²) < 4.78 is 5.52. The van der Waals surface area contributed by atoms with Crippen molar-refractivity contribution in [2.75, 3.05) is 44.7 Å². The van der Waals surface area contributed by atoms with E-state index in [1.807, 2.05) is 6.92 Å². The van der Waals surface area contributed by atoms with Crippen LogP contribution in [0.5, 0.6) is 0 Å². The van der Waals surface area contributed by atoms with Gasteiger partial charge in [0.1, 0.15) is 11.9 Å². The van der Waals surface area contributed by atoms with Gasteiger partial charge in [-0.05, 0) is 75.8 Å². The van der Waals surface area contributed by atoms with Crippen LogP contribution in [0.1, 0.15) is 54.2 Å². The number of fused-ring (bicyclic) bond motifs is 1. The van der Waals surface area contributed by atoms with Crippen molar-refractivity contribution in [3.63, 3.8) is 0 Å². The lowest BCUT2D eigenvalue weighted by atomic mass is 10.1. The third-order valence-corrected chi connectivity index (χ3v) is 6.65. The average molecular weight is 517 g/mol. The van der Waals surface area contributed by atoms with Gasteiger partial charge in [-0.3, -0.25) is 4.79 Å². The standard InChI is InChI=1S/C27H37ClN4O4/c1-2-36-19-18-32(16-6-5-9-21-13-12-20-8-7-15-29-25(20)30-21)17-14-24(27(34)35)31-26(33)22-10-3-4-11-23(22)28/h3-4,10-13,24H,2,5-9,14-19H2,1H3,(H,29,30)(H,31,33)(H,34,35). The predicted octanol–water partition coefficient (Wildman–Crippen LogP) is 4.03. The molecule has 9 heteroatoms. The lowest BCUT2D eigenvalue weighted by Crippen LogP contribution is -2.43. The number of ether oxygens (including phenoxy) is 1. The Morgan fingerprint density at radius 2 is 2.03 bits per heavy atom. The summed E-state index contributed by atoms with van der Waals surface area (Å²) in [6.07, 6.45) is 5.37. The van der Waals surface area contributed by atoms with Crippen molar-refractivity contribution in [1.29, 1.82) is 0 Å². The van der Waals surface area contributed by atoms with E-state index in [1.165, 1.54) is 5.56 Å². The highest BCUT2D eigenvalue weighted by atomic mass is 35.5. The molecule has 0 saturated heterocycles. The molecular formula is C27H37ClN4O4. The molecule has 1 atom stereocenters. The number of halogens is 1. The number of nitrogens with zero attached hydrogens (tertiary/aromatic N) is 2. The van der Waals surface area contributed by atoms with Crippen molar-refractivity contribution in [3.05, 3.63) is 58.2 Å². The fourth-order valence-corrected chi connectivity index (χ4v) is 4.49. The summed E-state index contributed by atoms with van der Waals surface area (Å²) in [7, 11) is 0. The van der Waals surface area contributed by atoms with Crippen molar-refractivity contribution in [2.45, 2.75) is 51.5 Å². The summed E-state index contributed by atoms with van der Waals surface area (Å²) in [6, 6.07) is 9.91. The Labute approximate surface area is 218 Å². The Bertz CT molecular complexity index is 1000. The fraction of sp³-hybridized carbons (Fsp3) is 0.519. The first-order valence-corrected chi connectivity index (χ1v) is 13.2. The molecule has 1 aromatic carbocycles. The molecule has 1 aromatic heterocycles. The summed E-state index contributed by atoms with van der Waals surface area (Å²) in [5.41, 5.74) is 2.66. The number of carbonyl (C=O) groups excluding carboxylic acids is 1. The molecule has 1 aliphatic heterocycles. The molecular weight excluding hydrogens is 480 g/mol. The minimum Gasteiger partial charge on any atom is -0.480 e. The number of nitrogens with one attached hydrogen (secondary N) is 2. The molecule has 1 amide bonds. The van der Waals surface area contributed by atoms with Gasteiger partial charge in [-0.1, -0.05) is 29.8 Å². The summed E-state index contributed by atoms with van der Waals surface area (Å²) >= 11 is 6.09. The van der Waals surface area contributed by atoms with E-state index >= 15 is 0 Å².